The van der Waals surface area contributed by atoms with Crippen LogP contribution in [0.3, 0.4) is 0 Å². The van der Waals surface area contributed by atoms with Crippen molar-refractivity contribution in [2.24, 2.45) is 17.8 Å². The molecule has 3 rings (SSSR count). The van der Waals surface area contributed by atoms with Crippen molar-refractivity contribution >= 4 is 52.4 Å². The molecular weight excluding hydrogens is 725 g/mol. The number of para-hydroxylation sites is 3. The molecule has 0 radical (unpaired) electrons. The molecule has 0 heterocycles. The van der Waals surface area contributed by atoms with E-state index in [-0.39, 0.29) is 58.4 Å². The first kappa shape index (κ1) is 44.1. The second-order valence-corrected chi connectivity index (χ2v) is 14.8. The van der Waals surface area contributed by atoms with E-state index < -0.39 is 0 Å². The molecule has 53 heavy (non-hydrogen) atoms. The van der Waals surface area contributed by atoms with Crippen LogP contribution in [-0.4, -0.2) is 45.7 Å². The summed E-state index contributed by atoms with van der Waals surface area (Å²) in [7, 11) is 0. The second-order valence-electron chi connectivity index (χ2n) is 13.8. The highest BCUT2D eigenvalue weighted by atomic mass is 32.1. The molecule has 1 N–H and O–H groups in total. The summed E-state index contributed by atoms with van der Waals surface area (Å²) in [6.45, 7) is 8.84. The SMILES string of the molecule is CCCCCC[C@H](OC(=S)Oc1ccccc1)[C@H](C)CC[C@H](OC(=S)Oc1ccccc1)[C@H](C)CC[C@H](OC(=S)Oc1ccccc1)[C@H](C)CCCO. The van der Waals surface area contributed by atoms with Crippen molar-refractivity contribution in [2.75, 3.05) is 6.61 Å². The van der Waals surface area contributed by atoms with Crippen LogP contribution in [0.15, 0.2) is 91.0 Å². The summed E-state index contributed by atoms with van der Waals surface area (Å²) >= 11 is 16.7. The van der Waals surface area contributed by atoms with E-state index in [1.165, 1.54) is 6.42 Å². The van der Waals surface area contributed by atoms with E-state index in [0.717, 1.165) is 51.4 Å². The fourth-order valence-corrected chi connectivity index (χ4v) is 6.83. The van der Waals surface area contributed by atoms with Crippen molar-refractivity contribution in [2.45, 2.75) is 117 Å². The van der Waals surface area contributed by atoms with Crippen LogP contribution in [0, 0.1) is 17.8 Å². The minimum Gasteiger partial charge on any atom is -0.453 e. The Kier molecular flexibility index (Phi) is 21.3. The van der Waals surface area contributed by atoms with Crippen LogP contribution in [0.25, 0.3) is 0 Å². The quantitative estimate of drug-likeness (QED) is 0.0742. The number of hydrogen-bond donors (Lipinski definition) is 1. The van der Waals surface area contributed by atoms with Gasteiger partial charge in [-0.15, -0.1) is 0 Å². The fraction of sp³-hybridized carbons (Fsp3) is 0.512. The van der Waals surface area contributed by atoms with Gasteiger partial charge in [0, 0.05) is 43.3 Å². The average Bonchev–Trinajstić information content (AvgIpc) is 3.16. The zero-order chi connectivity index (χ0) is 38.3. The van der Waals surface area contributed by atoms with Gasteiger partial charge in [-0.3, -0.25) is 0 Å². The molecule has 0 bridgehead atoms. The summed E-state index contributed by atoms with van der Waals surface area (Å²) < 4.78 is 36.6. The molecule has 7 nitrogen and oxygen atoms in total. The Morgan fingerprint density at radius 3 is 1.19 bits per heavy atom. The van der Waals surface area contributed by atoms with Gasteiger partial charge in [0.15, 0.2) is 0 Å². The Bertz CT molecular complexity index is 1440. The highest BCUT2D eigenvalue weighted by Crippen LogP contribution is 2.29. The number of rotatable bonds is 23. The van der Waals surface area contributed by atoms with Crippen molar-refractivity contribution in [3.63, 3.8) is 0 Å². The van der Waals surface area contributed by atoms with Gasteiger partial charge < -0.3 is 33.5 Å². The van der Waals surface area contributed by atoms with E-state index in [4.69, 9.17) is 65.1 Å². The third-order valence-corrected chi connectivity index (χ3v) is 9.99. The summed E-state index contributed by atoms with van der Waals surface area (Å²) in [4.78, 5) is 0. The van der Waals surface area contributed by atoms with Gasteiger partial charge in [-0.2, -0.15) is 0 Å². The van der Waals surface area contributed by atoms with Crippen molar-refractivity contribution in [3.8, 4) is 17.2 Å². The first-order valence-electron chi connectivity index (χ1n) is 19.1. The van der Waals surface area contributed by atoms with Crippen LogP contribution in [0.1, 0.15) is 98.3 Å². The Labute approximate surface area is 333 Å². The molecule has 0 aliphatic rings. The predicted molar refractivity (Wildman–Crippen MR) is 225 cm³/mol. The lowest BCUT2D eigenvalue weighted by Gasteiger charge is -2.30. The molecule has 0 aromatic heterocycles. The maximum absolute atomic E-state index is 9.53. The zero-order valence-corrected chi connectivity index (χ0v) is 34.2. The van der Waals surface area contributed by atoms with Crippen molar-refractivity contribution in [3.05, 3.63) is 91.0 Å². The summed E-state index contributed by atoms with van der Waals surface area (Å²) in [5, 5.41) is 9.84. The minimum atomic E-state index is -0.233. The second kappa shape index (κ2) is 25.7. The lowest BCUT2D eigenvalue weighted by Crippen LogP contribution is -2.32. The number of aliphatic hydroxyl groups excluding tert-OH is 1. The van der Waals surface area contributed by atoms with Gasteiger partial charge in [0.25, 0.3) is 0 Å². The van der Waals surface area contributed by atoms with Crippen LogP contribution in [0.4, 0.5) is 0 Å². The molecule has 0 amide bonds. The molecule has 3 aromatic carbocycles. The van der Waals surface area contributed by atoms with E-state index in [1.807, 2.05) is 91.0 Å². The van der Waals surface area contributed by atoms with Crippen LogP contribution in [-0.2, 0) is 14.2 Å². The molecule has 3 aromatic rings. The van der Waals surface area contributed by atoms with Crippen molar-refractivity contribution < 1.29 is 33.5 Å². The van der Waals surface area contributed by atoms with Crippen molar-refractivity contribution in [1.82, 2.24) is 0 Å². The van der Waals surface area contributed by atoms with Gasteiger partial charge in [0.1, 0.15) is 35.6 Å². The van der Waals surface area contributed by atoms with Gasteiger partial charge in [-0.05, 0) is 106 Å². The largest absolute Gasteiger partial charge is 0.453 e. The van der Waals surface area contributed by atoms with Crippen molar-refractivity contribution in [1.29, 1.82) is 0 Å². The molecule has 0 unspecified atom stereocenters. The number of hydrogen-bond acceptors (Lipinski definition) is 10. The van der Waals surface area contributed by atoms with Gasteiger partial charge in [-0.1, -0.05) is 102 Å². The summed E-state index contributed by atoms with van der Waals surface area (Å²) in [5.74, 6) is 2.30. The average molecular weight is 783 g/mol. The highest BCUT2D eigenvalue weighted by Gasteiger charge is 2.29. The molecule has 0 aliphatic carbocycles. The molecule has 0 saturated carbocycles. The van der Waals surface area contributed by atoms with Gasteiger partial charge in [0.2, 0.25) is 0 Å². The number of unbranched alkanes of at least 4 members (excludes halogenated alkanes) is 3. The Balaban J connectivity index is 1.71. The Hall–Kier alpha value is -3.31. The first-order valence-corrected chi connectivity index (χ1v) is 20.3. The van der Waals surface area contributed by atoms with Crippen LogP contribution >= 0.6 is 36.7 Å². The molecule has 290 valence electrons. The summed E-state index contributed by atoms with van der Waals surface area (Å²) in [6.07, 6.45) is 9.38. The maximum atomic E-state index is 9.53. The highest BCUT2D eigenvalue weighted by molar-refractivity contribution is 7.80. The van der Waals surface area contributed by atoms with E-state index in [0.29, 0.717) is 30.1 Å². The number of ether oxygens (including phenoxy) is 6. The normalized spacial score (nSPS) is 14.4. The lowest BCUT2D eigenvalue weighted by atomic mass is 9.87. The monoisotopic (exact) mass is 782 g/mol. The fourth-order valence-electron chi connectivity index (χ4n) is 6.17. The molecule has 0 fully saturated rings. The molecule has 0 spiro atoms. The Morgan fingerprint density at radius 1 is 0.472 bits per heavy atom. The van der Waals surface area contributed by atoms with E-state index in [1.54, 1.807) is 0 Å². The lowest BCUT2D eigenvalue weighted by molar-refractivity contribution is 0.0490. The molecule has 0 saturated heterocycles. The third-order valence-electron chi connectivity index (χ3n) is 9.45. The molecule has 0 aliphatic heterocycles. The number of benzene rings is 3. The van der Waals surface area contributed by atoms with Gasteiger partial charge >= 0.3 is 15.7 Å². The topological polar surface area (TPSA) is 75.6 Å². The zero-order valence-electron chi connectivity index (χ0n) is 31.7. The third kappa shape index (κ3) is 18.0. The molecular formula is C43H58O7S3. The molecule has 10 heteroatoms. The first-order chi connectivity index (χ1) is 25.7. The minimum absolute atomic E-state index is 0.0860. The predicted octanol–water partition coefficient (Wildman–Crippen LogP) is 11.4. The van der Waals surface area contributed by atoms with E-state index >= 15 is 0 Å². The number of thiocarbonyl (C=S) groups is 3. The summed E-state index contributed by atoms with van der Waals surface area (Å²) in [6, 6.07) is 28.3. The van der Waals surface area contributed by atoms with Crippen LogP contribution in [0.5, 0.6) is 17.2 Å². The van der Waals surface area contributed by atoms with Gasteiger partial charge in [0.05, 0.1) is 0 Å². The van der Waals surface area contributed by atoms with Crippen LogP contribution < -0.4 is 14.2 Å². The van der Waals surface area contributed by atoms with Crippen LogP contribution in [0.2, 0.25) is 0 Å². The molecule has 6 atom stereocenters. The summed E-state index contributed by atoms with van der Waals surface area (Å²) in [5.41, 5.74) is 0. The van der Waals surface area contributed by atoms with E-state index in [9.17, 15) is 5.11 Å². The van der Waals surface area contributed by atoms with E-state index in [2.05, 4.69) is 27.7 Å². The standard InChI is InChI=1S/C43H58O7S3/c1-5-6-7-17-26-38(48-41(51)45-35-20-11-8-12-21-35)33(3)27-30-40(50-43(53)47-37-24-15-10-16-25-37)34(4)28-29-39(32(2)19-18-31-44)49-42(52)46-36-22-13-9-14-23-36/h8-16,20-25,32-34,38-40,44H,5-7,17-19,26-31H2,1-4H3/t32-,33-,34-,38+,39+,40+/m1/s1. The Morgan fingerprint density at radius 2 is 0.830 bits per heavy atom. The number of aliphatic hydroxyl groups is 1. The smallest absolute Gasteiger partial charge is 0.358 e. The maximum Gasteiger partial charge on any atom is 0.358 e. The van der Waals surface area contributed by atoms with Gasteiger partial charge in [-0.25, -0.2) is 0 Å².